The number of fused-ring (bicyclic) bond motifs is 1. The highest BCUT2D eigenvalue weighted by atomic mass is 35.5. The van der Waals surface area contributed by atoms with E-state index in [1.54, 1.807) is 6.92 Å². The number of carbonyl (C=O) groups excluding carboxylic acids is 1. The molecule has 1 N–H and O–H groups in total. The molecule has 0 aliphatic rings. The molecular weight excluding hydrogens is 228 g/mol. The Kier molecular flexibility index (Phi) is 3.10. The van der Waals surface area contributed by atoms with Gasteiger partial charge in [0, 0.05) is 5.88 Å². The van der Waals surface area contributed by atoms with Gasteiger partial charge in [0.25, 0.3) is 0 Å². The highest BCUT2D eigenvalue weighted by Crippen LogP contribution is 2.18. The number of aromatic amines is 1. The number of halogens is 1. The van der Waals surface area contributed by atoms with E-state index in [1.165, 1.54) is 0 Å². The van der Waals surface area contributed by atoms with E-state index in [0.29, 0.717) is 12.5 Å². The molecular formula is C11H11ClN2O2. The number of para-hydroxylation sites is 1. The summed E-state index contributed by atoms with van der Waals surface area (Å²) in [5, 5.41) is 0. The molecule has 0 unspecified atom stereocenters. The molecule has 0 saturated carbocycles. The molecule has 1 heterocycles. The second kappa shape index (κ2) is 4.53. The van der Waals surface area contributed by atoms with Crippen LogP contribution in [0.5, 0.6) is 0 Å². The maximum absolute atomic E-state index is 11.5. The zero-order valence-electron chi connectivity index (χ0n) is 8.79. The smallest absolute Gasteiger partial charge is 0.374 e. The lowest BCUT2D eigenvalue weighted by Gasteiger charge is -1.95. The number of carbonyl (C=O) groups is 1. The Morgan fingerprint density at radius 2 is 2.38 bits per heavy atom. The number of hydrogen-bond acceptors (Lipinski definition) is 3. The Hall–Kier alpha value is -1.55. The predicted octanol–water partition coefficient (Wildman–Crippen LogP) is 2.48. The molecule has 0 fully saturated rings. The van der Waals surface area contributed by atoms with Gasteiger partial charge >= 0.3 is 5.97 Å². The number of H-pyrrole nitrogens is 1. The Morgan fingerprint density at radius 3 is 3.06 bits per heavy atom. The van der Waals surface area contributed by atoms with Gasteiger partial charge in [-0.05, 0) is 18.6 Å². The molecule has 0 radical (unpaired) electrons. The van der Waals surface area contributed by atoms with Crippen molar-refractivity contribution in [1.82, 2.24) is 9.97 Å². The van der Waals surface area contributed by atoms with Crippen LogP contribution in [-0.4, -0.2) is 22.5 Å². The summed E-state index contributed by atoms with van der Waals surface area (Å²) in [6.45, 7) is 2.09. The van der Waals surface area contributed by atoms with E-state index in [-0.39, 0.29) is 5.82 Å². The van der Waals surface area contributed by atoms with E-state index in [9.17, 15) is 4.79 Å². The normalized spacial score (nSPS) is 10.6. The molecule has 16 heavy (non-hydrogen) atoms. The summed E-state index contributed by atoms with van der Waals surface area (Å²) in [6, 6.07) is 5.60. The largest absolute Gasteiger partial charge is 0.460 e. The molecule has 0 saturated heterocycles. The minimum atomic E-state index is -0.445. The molecule has 0 atom stereocenters. The van der Waals surface area contributed by atoms with Gasteiger partial charge in [-0.15, -0.1) is 11.6 Å². The fourth-order valence-electron chi connectivity index (χ4n) is 1.50. The molecule has 0 spiro atoms. The monoisotopic (exact) mass is 238 g/mol. The van der Waals surface area contributed by atoms with Crippen molar-refractivity contribution in [2.24, 2.45) is 0 Å². The molecule has 0 amide bonds. The lowest BCUT2D eigenvalue weighted by atomic mass is 10.2. The van der Waals surface area contributed by atoms with Gasteiger partial charge in [0.05, 0.1) is 17.6 Å². The third-order valence-electron chi connectivity index (χ3n) is 2.21. The Balaban J connectivity index is 2.47. The Labute approximate surface area is 97.6 Å². The first-order valence-electron chi connectivity index (χ1n) is 4.97. The molecule has 2 rings (SSSR count). The maximum Gasteiger partial charge on any atom is 0.374 e. The van der Waals surface area contributed by atoms with Crippen LogP contribution in [-0.2, 0) is 10.6 Å². The average Bonchev–Trinajstić information content (AvgIpc) is 2.72. The summed E-state index contributed by atoms with van der Waals surface area (Å²) in [4.78, 5) is 18.6. The summed E-state index contributed by atoms with van der Waals surface area (Å²) in [7, 11) is 0. The number of ether oxygens (including phenoxy) is 1. The fraction of sp³-hybridized carbons (Fsp3) is 0.273. The number of esters is 1. The Morgan fingerprint density at radius 1 is 1.56 bits per heavy atom. The molecule has 0 aliphatic heterocycles. The van der Waals surface area contributed by atoms with Crippen LogP contribution >= 0.6 is 11.6 Å². The van der Waals surface area contributed by atoms with Crippen molar-refractivity contribution in [3.05, 3.63) is 29.6 Å². The van der Waals surface area contributed by atoms with Gasteiger partial charge < -0.3 is 9.72 Å². The van der Waals surface area contributed by atoms with E-state index in [4.69, 9.17) is 16.3 Å². The molecule has 4 nitrogen and oxygen atoms in total. The second-order valence-electron chi connectivity index (χ2n) is 3.25. The fourth-order valence-corrected chi connectivity index (χ4v) is 1.71. The number of benzene rings is 1. The van der Waals surface area contributed by atoms with Crippen LogP contribution in [0, 0.1) is 0 Å². The van der Waals surface area contributed by atoms with Gasteiger partial charge in [0.2, 0.25) is 5.82 Å². The lowest BCUT2D eigenvalue weighted by Crippen LogP contribution is -2.06. The van der Waals surface area contributed by atoms with Crippen molar-refractivity contribution in [1.29, 1.82) is 0 Å². The van der Waals surface area contributed by atoms with E-state index in [1.807, 2.05) is 18.2 Å². The van der Waals surface area contributed by atoms with E-state index < -0.39 is 5.97 Å². The summed E-state index contributed by atoms with van der Waals surface area (Å²) in [6.07, 6.45) is 0. The first-order chi connectivity index (χ1) is 7.76. The first kappa shape index (κ1) is 11.0. The quantitative estimate of drug-likeness (QED) is 0.660. The molecule has 5 heteroatoms. The molecule has 84 valence electrons. The van der Waals surface area contributed by atoms with E-state index in [0.717, 1.165) is 16.6 Å². The SMILES string of the molecule is CCOC(=O)c1nc2c(CCl)cccc2[nH]1. The van der Waals surface area contributed by atoms with Gasteiger partial charge in [-0.25, -0.2) is 9.78 Å². The second-order valence-corrected chi connectivity index (χ2v) is 3.52. The lowest BCUT2D eigenvalue weighted by molar-refractivity contribution is 0.0514. The number of rotatable bonds is 3. The number of aromatic nitrogens is 2. The molecule has 0 bridgehead atoms. The van der Waals surface area contributed by atoms with Crippen molar-refractivity contribution in [2.45, 2.75) is 12.8 Å². The van der Waals surface area contributed by atoms with E-state index >= 15 is 0 Å². The summed E-state index contributed by atoms with van der Waals surface area (Å²) in [5.41, 5.74) is 2.41. The number of imidazole rings is 1. The minimum absolute atomic E-state index is 0.217. The van der Waals surface area contributed by atoms with Crippen LogP contribution in [0.25, 0.3) is 11.0 Å². The van der Waals surface area contributed by atoms with Crippen LogP contribution in [0.2, 0.25) is 0 Å². The van der Waals surface area contributed by atoms with Gasteiger partial charge in [-0.2, -0.15) is 0 Å². The van der Waals surface area contributed by atoms with Crippen LogP contribution in [0.15, 0.2) is 18.2 Å². The molecule has 0 aliphatic carbocycles. The third-order valence-corrected chi connectivity index (χ3v) is 2.50. The van der Waals surface area contributed by atoms with Gasteiger partial charge in [-0.1, -0.05) is 12.1 Å². The van der Waals surface area contributed by atoms with Gasteiger partial charge in [0.1, 0.15) is 0 Å². The maximum atomic E-state index is 11.5. The summed E-state index contributed by atoms with van der Waals surface area (Å²) < 4.78 is 4.87. The summed E-state index contributed by atoms with van der Waals surface area (Å²) in [5.74, 6) is 0.137. The number of nitrogens with zero attached hydrogens (tertiary/aromatic N) is 1. The van der Waals surface area contributed by atoms with Crippen molar-refractivity contribution >= 4 is 28.6 Å². The summed E-state index contributed by atoms with van der Waals surface area (Å²) >= 11 is 5.79. The average molecular weight is 239 g/mol. The highest BCUT2D eigenvalue weighted by molar-refractivity contribution is 6.17. The number of nitrogens with one attached hydrogen (secondary N) is 1. The van der Waals surface area contributed by atoms with Crippen LogP contribution in [0.4, 0.5) is 0 Å². The third kappa shape index (κ3) is 1.88. The van der Waals surface area contributed by atoms with Crippen molar-refractivity contribution < 1.29 is 9.53 Å². The molecule has 2 aromatic rings. The van der Waals surface area contributed by atoms with Crippen LogP contribution in [0.1, 0.15) is 23.1 Å². The highest BCUT2D eigenvalue weighted by Gasteiger charge is 2.13. The zero-order chi connectivity index (χ0) is 11.5. The first-order valence-corrected chi connectivity index (χ1v) is 5.50. The molecule has 1 aromatic heterocycles. The van der Waals surface area contributed by atoms with Gasteiger partial charge in [-0.3, -0.25) is 0 Å². The molecule has 1 aromatic carbocycles. The zero-order valence-corrected chi connectivity index (χ0v) is 9.54. The standard InChI is InChI=1S/C11H11ClN2O2/c1-2-16-11(15)10-13-8-5-3-4-7(6-12)9(8)14-10/h3-5H,2,6H2,1H3,(H,13,14). The van der Waals surface area contributed by atoms with Crippen molar-refractivity contribution in [3.8, 4) is 0 Å². The van der Waals surface area contributed by atoms with Crippen LogP contribution < -0.4 is 0 Å². The van der Waals surface area contributed by atoms with Crippen LogP contribution in [0.3, 0.4) is 0 Å². The van der Waals surface area contributed by atoms with Crippen molar-refractivity contribution in [3.63, 3.8) is 0 Å². The number of hydrogen-bond donors (Lipinski definition) is 1. The van der Waals surface area contributed by atoms with E-state index in [2.05, 4.69) is 9.97 Å². The van der Waals surface area contributed by atoms with Crippen molar-refractivity contribution in [2.75, 3.05) is 6.61 Å². The topological polar surface area (TPSA) is 55.0 Å². The van der Waals surface area contributed by atoms with Gasteiger partial charge in [0.15, 0.2) is 0 Å². The number of alkyl halides is 1. The predicted molar refractivity (Wildman–Crippen MR) is 61.6 cm³/mol. The Bertz CT molecular complexity index is 522. The minimum Gasteiger partial charge on any atom is -0.460 e.